The molecule has 0 bridgehead atoms. The molecule has 1 atom stereocenters. The summed E-state index contributed by atoms with van der Waals surface area (Å²) in [4.78, 5) is 14.2. The molecule has 1 heterocycles. The molecule has 5 heteroatoms. The van der Waals surface area contributed by atoms with Crippen LogP contribution < -0.4 is 11.1 Å². The van der Waals surface area contributed by atoms with Gasteiger partial charge < -0.3 is 11.1 Å². The maximum absolute atomic E-state index is 12.3. The van der Waals surface area contributed by atoms with Crippen LogP contribution in [0.15, 0.2) is 16.3 Å². The lowest BCUT2D eigenvalue weighted by atomic mass is 9.84. The fourth-order valence-corrected chi connectivity index (χ4v) is 4.42. The first-order valence-corrected chi connectivity index (χ1v) is 8.99. The Labute approximate surface area is 123 Å². The van der Waals surface area contributed by atoms with Gasteiger partial charge in [0, 0.05) is 17.5 Å². The van der Waals surface area contributed by atoms with Crippen LogP contribution in [0.3, 0.4) is 0 Å². The van der Waals surface area contributed by atoms with E-state index in [4.69, 9.17) is 5.73 Å². The zero-order chi connectivity index (χ0) is 13.7. The molecule has 1 saturated carbocycles. The van der Waals surface area contributed by atoms with Crippen molar-refractivity contribution < 1.29 is 4.79 Å². The molecule has 3 N–H and O–H groups in total. The van der Waals surface area contributed by atoms with Crippen LogP contribution >= 0.6 is 23.1 Å². The molecule has 3 nitrogen and oxygen atoms in total. The molecule has 19 heavy (non-hydrogen) atoms. The quantitative estimate of drug-likeness (QED) is 0.821. The summed E-state index contributed by atoms with van der Waals surface area (Å²) < 4.78 is 0. The Hall–Kier alpha value is -0.520. The number of hydrogen-bond donors (Lipinski definition) is 2. The van der Waals surface area contributed by atoms with Gasteiger partial charge in [-0.25, -0.2) is 0 Å². The van der Waals surface area contributed by atoms with E-state index < -0.39 is 0 Å². The Morgan fingerprint density at radius 3 is 2.89 bits per heavy atom. The molecule has 1 aliphatic rings. The van der Waals surface area contributed by atoms with Crippen molar-refractivity contribution in [1.82, 2.24) is 5.32 Å². The van der Waals surface area contributed by atoms with E-state index in [1.54, 1.807) is 11.8 Å². The number of amides is 1. The highest BCUT2D eigenvalue weighted by molar-refractivity contribution is 7.98. The van der Waals surface area contributed by atoms with Crippen LogP contribution in [0.25, 0.3) is 0 Å². The molecule has 1 aliphatic carbocycles. The first-order valence-electron chi connectivity index (χ1n) is 6.88. The number of rotatable bonds is 5. The molecule has 2 rings (SSSR count). The van der Waals surface area contributed by atoms with E-state index in [0.717, 1.165) is 9.77 Å². The summed E-state index contributed by atoms with van der Waals surface area (Å²) in [6.45, 7) is 0.538. The van der Waals surface area contributed by atoms with Crippen molar-refractivity contribution in [3.8, 4) is 0 Å². The number of hydrogen-bond acceptors (Lipinski definition) is 4. The Balaban J connectivity index is 1.99. The average Bonchev–Trinajstić information content (AvgIpc) is 2.94. The minimum atomic E-state index is 0.0420. The second kappa shape index (κ2) is 7.31. The number of nitrogens with one attached hydrogen (secondary N) is 1. The molecule has 1 amide bonds. The number of carbonyl (C=O) groups excluding carboxylic acids is 1. The number of thiophene rings is 1. The predicted molar refractivity (Wildman–Crippen MR) is 83.0 cm³/mol. The van der Waals surface area contributed by atoms with Gasteiger partial charge in [-0.1, -0.05) is 19.3 Å². The van der Waals surface area contributed by atoms with Crippen molar-refractivity contribution in [2.75, 3.05) is 12.8 Å². The lowest BCUT2D eigenvalue weighted by molar-refractivity contribution is 0.0917. The van der Waals surface area contributed by atoms with Crippen LogP contribution in [0, 0.1) is 5.92 Å². The van der Waals surface area contributed by atoms with Crippen molar-refractivity contribution in [2.24, 2.45) is 11.7 Å². The monoisotopic (exact) mass is 298 g/mol. The van der Waals surface area contributed by atoms with Crippen LogP contribution in [0.4, 0.5) is 0 Å². The van der Waals surface area contributed by atoms with Crippen LogP contribution in [0.1, 0.15) is 41.8 Å². The lowest BCUT2D eigenvalue weighted by Gasteiger charge is -2.30. The minimum Gasteiger partial charge on any atom is -0.347 e. The molecule has 1 unspecified atom stereocenters. The number of thioether (sulfide) groups is 1. The highest BCUT2D eigenvalue weighted by atomic mass is 32.2. The Bertz CT molecular complexity index is 413. The molecule has 0 aliphatic heterocycles. The summed E-state index contributed by atoms with van der Waals surface area (Å²) in [6.07, 6.45) is 8.26. The van der Waals surface area contributed by atoms with Crippen LogP contribution in [-0.4, -0.2) is 24.7 Å². The first kappa shape index (κ1) is 14.9. The van der Waals surface area contributed by atoms with Gasteiger partial charge in [0.15, 0.2) is 0 Å². The van der Waals surface area contributed by atoms with Gasteiger partial charge in [-0.3, -0.25) is 4.79 Å². The van der Waals surface area contributed by atoms with Gasteiger partial charge in [0.1, 0.15) is 4.88 Å². The van der Waals surface area contributed by atoms with Gasteiger partial charge >= 0.3 is 0 Å². The summed E-state index contributed by atoms with van der Waals surface area (Å²) in [5.41, 5.74) is 5.86. The van der Waals surface area contributed by atoms with Crippen LogP contribution in [0.5, 0.6) is 0 Å². The zero-order valence-electron chi connectivity index (χ0n) is 11.4. The highest BCUT2D eigenvalue weighted by Crippen LogP contribution is 2.28. The topological polar surface area (TPSA) is 55.1 Å². The van der Waals surface area contributed by atoms with Crippen molar-refractivity contribution in [3.05, 3.63) is 16.3 Å². The van der Waals surface area contributed by atoms with E-state index in [0.29, 0.717) is 12.5 Å². The van der Waals surface area contributed by atoms with Gasteiger partial charge in [-0.2, -0.15) is 0 Å². The maximum Gasteiger partial charge on any atom is 0.262 e. The van der Waals surface area contributed by atoms with Crippen molar-refractivity contribution in [1.29, 1.82) is 0 Å². The Kier molecular flexibility index (Phi) is 5.73. The summed E-state index contributed by atoms with van der Waals surface area (Å²) in [5, 5.41) is 5.12. The standard InChI is InChI=1S/C14H22N2OS2/c1-18-12-7-8-19-13(12)14(17)16-11(9-15)10-5-3-2-4-6-10/h7-8,10-11H,2-6,9,15H2,1H3,(H,16,17). The van der Waals surface area contributed by atoms with Crippen molar-refractivity contribution >= 4 is 29.0 Å². The highest BCUT2D eigenvalue weighted by Gasteiger charge is 2.25. The fourth-order valence-electron chi connectivity index (χ4n) is 2.76. The van der Waals surface area contributed by atoms with Crippen molar-refractivity contribution in [2.45, 2.75) is 43.0 Å². The molecule has 0 radical (unpaired) electrons. The van der Waals surface area contributed by atoms with Gasteiger partial charge in [0.2, 0.25) is 0 Å². The van der Waals surface area contributed by atoms with Gasteiger partial charge in [-0.15, -0.1) is 23.1 Å². The molecule has 0 saturated heterocycles. The number of nitrogens with two attached hydrogens (primary N) is 1. The van der Waals surface area contributed by atoms with E-state index in [1.807, 2.05) is 17.7 Å². The average molecular weight is 298 g/mol. The molecule has 0 aromatic carbocycles. The zero-order valence-corrected chi connectivity index (χ0v) is 13.0. The molecule has 106 valence electrons. The van der Waals surface area contributed by atoms with Crippen LogP contribution in [0.2, 0.25) is 0 Å². The second-order valence-electron chi connectivity index (χ2n) is 5.03. The normalized spacial score (nSPS) is 18.2. The largest absolute Gasteiger partial charge is 0.347 e. The molecule has 1 aromatic rings. The second-order valence-corrected chi connectivity index (χ2v) is 6.80. The Morgan fingerprint density at radius 2 is 2.26 bits per heavy atom. The summed E-state index contributed by atoms with van der Waals surface area (Å²) in [6, 6.07) is 2.13. The van der Waals surface area contributed by atoms with E-state index in [-0.39, 0.29) is 11.9 Å². The first-order chi connectivity index (χ1) is 9.26. The Morgan fingerprint density at radius 1 is 1.53 bits per heavy atom. The van der Waals surface area contributed by atoms with Gasteiger partial charge in [-0.05, 0) is 36.5 Å². The minimum absolute atomic E-state index is 0.0420. The molecule has 1 fully saturated rings. The SMILES string of the molecule is CSc1ccsc1C(=O)NC(CN)C1CCCCC1. The smallest absolute Gasteiger partial charge is 0.262 e. The van der Waals surface area contributed by atoms with E-state index in [1.165, 1.54) is 43.4 Å². The van der Waals surface area contributed by atoms with Crippen molar-refractivity contribution in [3.63, 3.8) is 0 Å². The molecular formula is C14H22N2OS2. The summed E-state index contributed by atoms with van der Waals surface area (Å²) in [5.74, 6) is 0.598. The molecule has 0 spiro atoms. The number of carbonyl (C=O) groups is 1. The third-order valence-electron chi connectivity index (χ3n) is 3.84. The van der Waals surface area contributed by atoms with Gasteiger partial charge in [0.25, 0.3) is 5.91 Å². The fraction of sp³-hybridized carbons (Fsp3) is 0.643. The van der Waals surface area contributed by atoms with Gasteiger partial charge in [0.05, 0.1) is 0 Å². The predicted octanol–water partition coefficient (Wildman–Crippen LogP) is 3.11. The lowest BCUT2D eigenvalue weighted by Crippen LogP contribution is -2.45. The maximum atomic E-state index is 12.3. The summed E-state index contributed by atoms with van der Waals surface area (Å²) in [7, 11) is 0. The molecular weight excluding hydrogens is 276 g/mol. The van der Waals surface area contributed by atoms with E-state index in [2.05, 4.69) is 5.32 Å². The molecule has 1 aromatic heterocycles. The van der Waals surface area contributed by atoms with Crippen LogP contribution in [-0.2, 0) is 0 Å². The third-order valence-corrected chi connectivity index (χ3v) is 5.67. The van der Waals surface area contributed by atoms with E-state index in [9.17, 15) is 4.79 Å². The third kappa shape index (κ3) is 3.74. The van der Waals surface area contributed by atoms with E-state index >= 15 is 0 Å². The summed E-state index contributed by atoms with van der Waals surface area (Å²) >= 11 is 3.13.